The Morgan fingerprint density at radius 2 is 2.17 bits per heavy atom. The maximum Gasteiger partial charge on any atom is 0.0274 e. The number of hydrogen-bond donors (Lipinski definition) is 1. The highest BCUT2D eigenvalue weighted by Crippen LogP contribution is 2.39. The molecular weight excluding hydrogens is 92.1 g/mol. The lowest BCUT2D eigenvalue weighted by atomic mass is 10.3. The predicted octanol–water partition coefficient (Wildman–Crippen LogP) is 1.88. The lowest BCUT2D eigenvalue weighted by Crippen LogP contribution is -1.77. The van der Waals surface area contributed by atoms with Crippen LogP contribution in [0.15, 0.2) is 0 Å². The van der Waals surface area contributed by atoms with Crippen molar-refractivity contribution in [2.75, 3.05) is 0 Å². The van der Waals surface area contributed by atoms with Gasteiger partial charge in [0.2, 0.25) is 0 Å². The Labute approximate surface area is 44.3 Å². The van der Waals surface area contributed by atoms with E-state index in [-0.39, 0.29) is 0 Å². The molecule has 1 aliphatic rings. The van der Waals surface area contributed by atoms with Crippen LogP contribution in [0.2, 0.25) is 0 Å². The molecule has 0 nitrogen and oxygen atoms in total. The molecule has 1 aliphatic carbocycles. The van der Waals surface area contributed by atoms with Crippen LogP contribution in [-0.4, -0.2) is 0 Å². The Balaban J connectivity index is 2.13. The van der Waals surface area contributed by atoms with E-state index in [9.17, 15) is 0 Å². The van der Waals surface area contributed by atoms with Crippen LogP contribution >= 0.6 is 12.6 Å². The Morgan fingerprint density at radius 3 is 2.17 bits per heavy atom. The fourth-order valence-electron chi connectivity index (χ4n) is 0.501. The fourth-order valence-corrected chi connectivity index (χ4v) is 0.759. The number of rotatable bonds is 1. The molecule has 0 saturated heterocycles. The highest BCUT2D eigenvalue weighted by atomic mass is 32.1. The van der Waals surface area contributed by atoms with Gasteiger partial charge in [-0.3, -0.25) is 0 Å². The minimum absolute atomic E-state index is 0.883. The molecule has 0 aliphatic heterocycles. The Bertz CT molecular complexity index is 45.9. The standard InChI is InChI=1S/C5H9S/c1-4(6)5-2-3-5/h5-6H,2-3H2,1H3. The lowest BCUT2D eigenvalue weighted by molar-refractivity contribution is 0.967. The summed E-state index contributed by atoms with van der Waals surface area (Å²) in [6, 6.07) is 0. The molecule has 0 N–H and O–H groups in total. The second-order valence-electron chi connectivity index (χ2n) is 1.92. The van der Waals surface area contributed by atoms with Crippen LogP contribution in [-0.2, 0) is 0 Å². The highest BCUT2D eigenvalue weighted by Gasteiger charge is 2.25. The van der Waals surface area contributed by atoms with Crippen LogP contribution in [0.25, 0.3) is 0 Å². The van der Waals surface area contributed by atoms with Crippen molar-refractivity contribution in [1.82, 2.24) is 0 Å². The second-order valence-corrected chi connectivity index (χ2v) is 2.62. The smallest absolute Gasteiger partial charge is 0.0274 e. The Kier molecular flexibility index (Phi) is 1.09. The molecule has 1 heteroatoms. The third kappa shape index (κ3) is 0.904. The van der Waals surface area contributed by atoms with Crippen molar-refractivity contribution in [3.63, 3.8) is 0 Å². The van der Waals surface area contributed by atoms with E-state index in [1.54, 1.807) is 0 Å². The summed E-state index contributed by atoms with van der Waals surface area (Å²) in [5, 5.41) is 1.31. The van der Waals surface area contributed by atoms with Gasteiger partial charge in [0, 0.05) is 5.25 Å². The average Bonchev–Trinajstić information content (AvgIpc) is 2.06. The maximum absolute atomic E-state index is 4.17. The lowest BCUT2D eigenvalue weighted by Gasteiger charge is -1.92. The molecule has 0 unspecified atom stereocenters. The van der Waals surface area contributed by atoms with Crippen molar-refractivity contribution in [3.8, 4) is 0 Å². The zero-order valence-electron chi connectivity index (χ0n) is 3.94. The Morgan fingerprint density at radius 1 is 1.67 bits per heavy atom. The van der Waals surface area contributed by atoms with E-state index in [1.165, 1.54) is 18.1 Å². The summed E-state index contributed by atoms with van der Waals surface area (Å²) >= 11 is 4.17. The van der Waals surface area contributed by atoms with E-state index in [4.69, 9.17) is 0 Å². The van der Waals surface area contributed by atoms with Gasteiger partial charge < -0.3 is 0 Å². The molecule has 0 spiro atoms. The monoisotopic (exact) mass is 101 g/mol. The van der Waals surface area contributed by atoms with E-state index in [0.717, 1.165) is 5.92 Å². The van der Waals surface area contributed by atoms with Crippen molar-refractivity contribution in [2.45, 2.75) is 19.8 Å². The van der Waals surface area contributed by atoms with Gasteiger partial charge in [-0.25, -0.2) is 0 Å². The molecule has 0 aromatic heterocycles. The summed E-state index contributed by atoms with van der Waals surface area (Å²) in [6.45, 7) is 2.08. The fraction of sp³-hybridized carbons (Fsp3) is 0.800. The van der Waals surface area contributed by atoms with Crippen LogP contribution in [0.3, 0.4) is 0 Å². The molecule has 0 aromatic carbocycles. The summed E-state index contributed by atoms with van der Waals surface area (Å²) < 4.78 is 0. The largest absolute Gasteiger partial charge is 0.171 e. The Hall–Kier alpha value is 0.350. The molecule has 1 fully saturated rings. The molecule has 0 heterocycles. The molecule has 0 aromatic rings. The van der Waals surface area contributed by atoms with Crippen LogP contribution in [0.1, 0.15) is 19.8 Å². The van der Waals surface area contributed by atoms with Crippen LogP contribution < -0.4 is 0 Å². The van der Waals surface area contributed by atoms with Crippen LogP contribution in [0.4, 0.5) is 0 Å². The van der Waals surface area contributed by atoms with Crippen molar-refractivity contribution < 1.29 is 0 Å². The minimum atomic E-state index is 0.883. The highest BCUT2D eigenvalue weighted by molar-refractivity contribution is 7.83. The summed E-state index contributed by atoms with van der Waals surface area (Å²) in [7, 11) is 0. The predicted molar refractivity (Wildman–Crippen MR) is 30.6 cm³/mol. The minimum Gasteiger partial charge on any atom is -0.171 e. The summed E-state index contributed by atoms with van der Waals surface area (Å²) in [4.78, 5) is 0. The van der Waals surface area contributed by atoms with Gasteiger partial charge in [-0.1, -0.05) is 0 Å². The first-order chi connectivity index (χ1) is 2.80. The summed E-state index contributed by atoms with van der Waals surface area (Å²) in [5.74, 6) is 0.883. The normalized spacial score (nSPS) is 22.5. The molecular formula is C5H9S. The van der Waals surface area contributed by atoms with E-state index in [0.29, 0.717) is 0 Å². The van der Waals surface area contributed by atoms with Crippen LogP contribution in [0, 0.1) is 11.2 Å². The van der Waals surface area contributed by atoms with Gasteiger partial charge in [0.15, 0.2) is 0 Å². The molecule has 0 atom stereocenters. The SMILES string of the molecule is C[C](S)C1CC1. The molecule has 1 rings (SSSR count). The van der Waals surface area contributed by atoms with Gasteiger partial charge in [0.25, 0.3) is 0 Å². The summed E-state index contributed by atoms with van der Waals surface area (Å²) in [6.07, 6.45) is 2.77. The van der Waals surface area contributed by atoms with E-state index < -0.39 is 0 Å². The molecule has 6 heavy (non-hydrogen) atoms. The van der Waals surface area contributed by atoms with Gasteiger partial charge in [-0.2, -0.15) is 12.6 Å². The molecule has 35 valence electrons. The van der Waals surface area contributed by atoms with Gasteiger partial charge in [-0.15, -0.1) is 0 Å². The van der Waals surface area contributed by atoms with E-state index in [2.05, 4.69) is 19.6 Å². The first-order valence-corrected chi connectivity index (χ1v) is 2.78. The molecule has 0 bridgehead atoms. The third-order valence-electron chi connectivity index (χ3n) is 1.17. The number of thiol groups is 1. The van der Waals surface area contributed by atoms with E-state index >= 15 is 0 Å². The number of hydrogen-bond acceptors (Lipinski definition) is 1. The van der Waals surface area contributed by atoms with Crippen molar-refractivity contribution >= 4 is 12.6 Å². The first-order valence-electron chi connectivity index (χ1n) is 2.33. The van der Waals surface area contributed by atoms with Crippen molar-refractivity contribution in [1.29, 1.82) is 0 Å². The van der Waals surface area contributed by atoms with Gasteiger partial charge >= 0.3 is 0 Å². The molecule has 0 amide bonds. The summed E-state index contributed by atoms with van der Waals surface area (Å²) in [5.41, 5.74) is 0. The first kappa shape index (κ1) is 4.51. The zero-order valence-corrected chi connectivity index (χ0v) is 4.83. The third-order valence-corrected chi connectivity index (χ3v) is 1.53. The van der Waals surface area contributed by atoms with Crippen molar-refractivity contribution in [3.05, 3.63) is 5.25 Å². The van der Waals surface area contributed by atoms with Crippen molar-refractivity contribution in [2.24, 2.45) is 5.92 Å². The second kappa shape index (κ2) is 1.45. The zero-order chi connectivity index (χ0) is 4.57. The maximum atomic E-state index is 4.17. The topological polar surface area (TPSA) is 0 Å². The molecule has 1 saturated carbocycles. The van der Waals surface area contributed by atoms with Crippen LogP contribution in [0.5, 0.6) is 0 Å². The quantitative estimate of drug-likeness (QED) is 0.479. The molecule has 1 radical (unpaired) electrons. The van der Waals surface area contributed by atoms with Gasteiger partial charge in [0.1, 0.15) is 0 Å². The van der Waals surface area contributed by atoms with Gasteiger partial charge in [0.05, 0.1) is 0 Å². The van der Waals surface area contributed by atoms with E-state index in [1.807, 2.05) is 0 Å². The van der Waals surface area contributed by atoms with Gasteiger partial charge in [-0.05, 0) is 25.7 Å². The average molecular weight is 101 g/mol.